The minimum atomic E-state index is -4.53. The highest BCUT2D eigenvalue weighted by Gasteiger charge is 2.36. The summed E-state index contributed by atoms with van der Waals surface area (Å²) in [6.07, 6.45) is -4.67. The third kappa shape index (κ3) is 4.49. The number of β-amino-alcohol motifs (C(OH)–C–C–N with tert-alkyl or cyclic N) is 1. The molecule has 0 unspecified atom stereocenters. The predicted octanol–water partition coefficient (Wildman–Crippen LogP) is 0.990. The number of carbonyl (C=O) groups is 1. The third-order valence-electron chi connectivity index (χ3n) is 4.90. The van der Waals surface area contributed by atoms with Gasteiger partial charge in [0.05, 0.1) is 12.1 Å². The molecular formula is C17H24F3N5O2. The molecule has 0 aromatic carbocycles. The Bertz CT molecular complexity index is 690. The van der Waals surface area contributed by atoms with Gasteiger partial charge in [-0.15, -0.1) is 0 Å². The second-order valence-electron chi connectivity index (χ2n) is 7.29. The van der Waals surface area contributed by atoms with E-state index in [0.29, 0.717) is 44.8 Å². The quantitative estimate of drug-likeness (QED) is 0.805. The maximum atomic E-state index is 13.2. The first kappa shape index (κ1) is 19.8. The molecule has 2 N–H and O–H groups in total. The summed E-state index contributed by atoms with van der Waals surface area (Å²) < 4.78 is 39.5. The monoisotopic (exact) mass is 387 g/mol. The summed E-state index contributed by atoms with van der Waals surface area (Å²) >= 11 is 0. The lowest BCUT2D eigenvalue weighted by Gasteiger charge is -2.36. The number of alkyl halides is 3. The van der Waals surface area contributed by atoms with Crippen molar-refractivity contribution in [1.82, 2.24) is 20.2 Å². The molecule has 0 bridgehead atoms. The van der Waals surface area contributed by atoms with Crippen molar-refractivity contribution in [2.24, 2.45) is 0 Å². The van der Waals surface area contributed by atoms with Crippen LogP contribution in [0, 0.1) is 0 Å². The Morgan fingerprint density at radius 3 is 2.44 bits per heavy atom. The fraction of sp³-hybridized carbons (Fsp3) is 0.706. The van der Waals surface area contributed by atoms with Gasteiger partial charge in [-0.2, -0.15) is 13.2 Å². The van der Waals surface area contributed by atoms with Crippen LogP contribution in [-0.2, 0) is 11.0 Å². The molecule has 0 radical (unpaired) electrons. The normalized spacial score (nSPS) is 24.0. The van der Waals surface area contributed by atoms with Crippen LogP contribution in [-0.4, -0.2) is 70.8 Å². The Morgan fingerprint density at radius 1 is 1.26 bits per heavy atom. The summed E-state index contributed by atoms with van der Waals surface area (Å²) in [5.41, 5.74) is -0.603. The molecule has 2 atom stereocenters. The van der Waals surface area contributed by atoms with Gasteiger partial charge in [-0.1, -0.05) is 13.8 Å². The largest absolute Gasteiger partial charge is 0.433 e. The van der Waals surface area contributed by atoms with Gasteiger partial charge >= 0.3 is 6.18 Å². The highest BCUT2D eigenvalue weighted by Crippen LogP contribution is 2.31. The van der Waals surface area contributed by atoms with Crippen molar-refractivity contribution in [2.45, 2.75) is 44.5 Å². The number of piperazine rings is 1. The van der Waals surface area contributed by atoms with Gasteiger partial charge in [-0.05, 0) is 18.4 Å². The lowest BCUT2D eigenvalue weighted by molar-refractivity contribution is -0.141. The number of hydrogen-bond acceptors (Lipinski definition) is 6. The molecule has 3 rings (SSSR count). The number of rotatable bonds is 3. The zero-order chi connectivity index (χ0) is 19.8. The second kappa shape index (κ2) is 7.59. The highest BCUT2D eigenvalue weighted by atomic mass is 19.4. The van der Waals surface area contributed by atoms with Crippen molar-refractivity contribution in [3.05, 3.63) is 17.5 Å². The van der Waals surface area contributed by atoms with Crippen LogP contribution in [0.25, 0.3) is 0 Å². The van der Waals surface area contributed by atoms with Crippen LogP contribution >= 0.6 is 0 Å². The molecule has 7 nitrogen and oxygen atoms in total. The van der Waals surface area contributed by atoms with E-state index in [1.807, 2.05) is 0 Å². The minimum absolute atomic E-state index is 0.0510. The van der Waals surface area contributed by atoms with Gasteiger partial charge in [-0.3, -0.25) is 4.79 Å². The molecule has 1 aromatic rings. The van der Waals surface area contributed by atoms with E-state index in [2.05, 4.69) is 15.3 Å². The number of amides is 1. The fourth-order valence-corrected chi connectivity index (χ4v) is 3.29. The average molecular weight is 387 g/mol. The summed E-state index contributed by atoms with van der Waals surface area (Å²) in [5.74, 6) is -0.190. The number of aliphatic hydroxyl groups excluding tert-OH is 1. The minimum Gasteiger partial charge on any atom is -0.392 e. The standard InChI is InChI=1S/C17H24F3N5O2/c1-10(2)12-8-14(17(18,19)20)23-16(22-12)25-5-3-24(4-6-25)15(27)13-7-11(26)9-21-13/h8,10-11,13,21,26H,3-7,9H2,1-2H3/t11-,13+/m0/s1. The Morgan fingerprint density at radius 2 is 1.93 bits per heavy atom. The summed E-state index contributed by atoms with van der Waals surface area (Å²) in [6, 6.07) is 0.592. The van der Waals surface area contributed by atoms with E-state index in [0.717, 1.165) is 6.07 Å². The maximum Gasteiger partial charge on any atom is 0.433 e. The van der Waals surface area contributed by atoms with E-state index in [1.54, 1.807) is 23.6 Å². The van der Waals surface area contributed by atoms with Crippen molar-refractivity contribution in [2.75, 3.05) is 37.6 Å². The molecule has 0 saturated carbocycles. The van der Waals surface area contributed by atoms with Gasteiger partial charge in [-0.25, -0.2) is 9.97 Å². The molecule has 10 heteroatoms. The highest BCUT2D eigenvalue weighted by molar-refractivity contribution is 5.82. The van der Waals surface area contributed by atoms with Crippen LogP contribution in [0.2, 0.25) is 0 Å². The molecule has 150 valence electrons. The number of aliphatic hydroxyl groups is 1. The van der Waals surface area contributed by atoms with Crippen LogP contribution in [0.4, 0.5) is 19.1 Å². The van der Waals surface area contributed by atoms with Gasteiger partial charge in [0.2, 0.25) is 11.9 Å². The number of aromatic nitrogens is 2. The number of nitrogens with one attached hydrogen (secondary N) is 1. The van der Waals surface area contributed by atoms with Crippen molar-refractivity contribution in [3.63, 3.8) is 0 Å². The maximum absolute atomic E-state index is 13.2. The lowest BCUT2D eigenvalue weighted by Crippen LogP contribution is -2.53. The molecule has 3 heterocycles. The molecule has 2 aliphatic heterocycles. The van der Waals surface area contributed by atoms with Crippen molar-refractivity contribution < 1.29 is 23.1 Å². The van der Waals surface area contributed by atoms with Crippen LogP contribution in [0.1, 0.15) is 37.6 Å². The zero-order valence-electron chi connectivity index (χ0n) is 15.3. The molecule has 2 fully saturated rings. The first-order chi connectivity index (χ1) is 12.6. The van der Waals surface area contributed by atoms with Gasteiger partial charge in [0.1, 0.15) is 5.69 Å². The summed E-state index contributed by atoms with van der Waals surface area (Å²) in [5, 5.41) is 12.5. The van der Waals surface area contributed by atoms with Crippen molar-refractivity contribution >= 4 is 11.9 Å². The van der Waals surface area contributed by atoms with Crippen LogP contribution in [0.3, 0.4) is 0 Å². The Kier molecular flexibility index (Phi) is 5.57. The van der Waals surface area contributed by atoms with E-state index < -0.39 is 24.0 Å². The zero-order valence-corrected chi connectivity index (χ0v) is 15.3. The van der Waals surface area contributed by atoms with Gasteiger partial charge < -0.3 is 20.2 Å². The summed E-state index contributed by atoms with van der Waals surface area (Å²) in [6.45, 7) is 5.44. The number of nitrogens with zero attached hydrogens (tertiary/aromatic N) is 4. The van der Waals surface area contributed by atoms with Gasteiger partial charge in [0.25, 0.3) is 0 Å². The van der Waals surface area contributed by atoms with Gasteiger partial charge in [0.15, 0.2) is 0 Å². The van der Waals surface area contributed by atoms with E-state index in [9.17, 15) is 23.1 Å². The van der Waals surface area contributed by atoms with E-state index in [1.165, 1.54) is 0 Å². The topological polar surface area (TPSA) is 81.6 Å². The predicted molar refractivity (Wildman–Crippen MR) is 92.3 cm³/mol. The molecule has 0 aliphatic carbocycles. The smallest absolute Gasteiger partial charge is 0.392 e. The van der Waals surface area contributed by atoms with Gasteiger partial charge in [0, 0.05) is 38.4 Å². The number of hydrogen-bond donors (Lipinski definition) is 2. The Hall–Kier alpha value is -1.94. The molecule has 27 heavy (non-hydrogen) atoms. The second-order valence-corrected chi connectivity index (χ2v) is 7.29. The molecule has 1 aromatic heterocycles. The molecule has 2 aliphatic rings. The SMILES string of the molecule is CC(C)c1cc(C(F)(F)F)nc(N2CCN(C(=O)[C@H]3C[C@H](O)CN3)CC2)n1. The van der Waals surface area contributed by atoms with E-state index in [4.69, 9.17) is 0 Å². The summed E-state index contributed by atoms with van der Waals surface area (Å²) in [7, 11) is 0. The molecule has 0 spiro atoms. The van der Waals surface area contributed by atoms with Crippen LogP contribution in [0.5, 0.6) is 0 Å². The third-order valence-corrected chi connectivity index (χ3v) is 4.90. The average Bonchev–Trinajstić information content (AvgIpc) is 3.06. The van der Waals surface area contributed by atoms with E-state index in [-0.39, 0.29) is 17.8 Å². The number of carbonyl (C=O) groups excluding carboxylic acids is 1. The molecule has 2 saturated heterocycles. The molecular weight excluding hydrogens is 363 g/mol. The van der Waals surface area contributed by atoms with Crippen molar-refractivity contribution in [1.29, 1.82) is 0 Å². The first-order valence-electron chi connectivity index (χ1n) is 9.06. The summed E-state index contributed by atoms with van der Waals surface area (Å²) in [4.78, 5) is 23.8. The fourth-order valence-electron chi connectivity index (χ4n) is 3.29. The van der Waals surface area contributed by atoms with Crippen LogP contribution < -0.4 is 10.2 Å². The lowest BCUT2D eigenvalue weighted by atomic mass is 10.1. The Labute approximate surface area is 155 Å². The molecule has 1 amide bonds. The first-order valence-corrected chi connectivity index (χ1v) is 9.06. The van der Waals surface area contributed by atoms with Crippen molar-refractivity contribution in [3.8, 4) is 0 Å². The van der Waals surface area contributed by atoms with E-state index >= 15 is 0 Å². The van der Waals surface area contributed by atoms with Crippen LogP contribution in [0.15, 0.2) is 6.07 Å². The number of halogens is 3. The number of anilines is 1. The Balaban J connectivity index is 1.70.